The second kappa shape index (κ2) is 4.04. The van der Waals surface area contributed by atoms with E-state index in [-0.39, 0.29) is 5.75 Å². The van der Waals surface area contributed by atoms with Gasteiger partial charge in [-0.1, -0.05) is 0 Å². The highest BCUT2D eigenvalue weighted by atomic mass is 19.2. The minimum atomic E-state index is -1.27. The highest BCUT2D eigenvalue weighted by molar-refractivity contribution is 5.89. The number of carbonyl (C=O) groups is 1. The van der Waals surface area contributed by atoms with Crippen molar-refractivity contribution >= 4 is 5.97 Å². The third-order valence-corrected chi connectivity index (χ3v) is 1.67. The van der Waals surface area contributed by atoms with Gasteiger partial charge >= 0.3 is 5.97 Å². The van der Waals surface area contributed by atoms with Gasteiger partial charge in [0.05, 0.1) is 19.8 Å². The summed E-state index contributed by atoms with van der Waals surface area (Å²) in [6, 6.07) is 2.26. The molecule has 0 atom stereocenters. The zero-order valence-electron chi connectivity index (χ0n) is 7.64. The Hall–Kier alpha value is -1.65. The van der Waals surface area contributed by atoms with Crippen LogP contribution in [0.5, 0.6) is 5.75 Å². The van der Waals surface area contributed by atoms with E-state index >= 15 is 0 Å². The van der Waals surface area contributed by atoms with Crippen LogP contribution in [-0.4, -0.2) is 20.2 Å². The first-order valence-corrected chi connectivity index (χ1v) is 3.72. The van der Waals surface area contributed by atoms with Crippen molar-refractivity contribution in [1.82, 2.24) is 0 Å². The number of benzene rings is 1. The lowest BCUT2D eigenvalue weighted by molar-refractivity contribution is 0.0594. The molecule has 1 rings (SSSR count). The first-order chi connectivity index (χ1) is 6.61. The van der Waals surface area contributed by atoms with Crippen molar-refractivity contribution < 1.29 is 23.0 Å². The molecule has 3 nitrogen and oxygen atoms in total. The highest BCUT2D eigenvalue weighted by Gasteiger charge is 2.19. The van der Waals surface area contributed by atoms with Gasteiger partial charge in [-0.05, 0) is 12.1 Å². The predicted molar refractivity (Wildman–Crippen MR) is 44.2 cm³/mol. The summed E-state index contributed by atoms with van der Waals surface area (Å²) in [5.41, 5.74) is -0.453. The first-order valence-electron chi connectivity index (χ1n) is 3.72. The molecular weight excluding hydrogens is 194 g/mol. The molecule has 0 saturated carbocycles. The maximum Gasteiger partial charge on any atom is 0.340 e. The van der Waals surface area contributed by atoms with Crippen LogP contribution < -0.4 is 4.74 Å². The summed E-state index contributed by atoms with van der Waals surface area (Å²) in [4.78, 5) is 10.9. The van der Waals surface area contributed by atoms with Gasteiger partial charge in [0.2, 0.25) is 5.82 Å². The summed E-state index contributed by atoms with van der Waals surface area (Å²) in [6.07, 6.45) is 0. The molecule has 0 spiro atoms. The van der Waals surface area contributed by atoms with Crippen LogP contribution in [0.25, 0.3) is 0 Å². The van der Waals surface area contributed by atoms with Crippen LogP contribution in [0.4, 0.5) is 8.78 Å². The summed E-state index contributed by atoms with van der Waals surface area (Å²) >= 11 is 0. The number of rotatable bonds is 2. The summed E-state index contributed by atoms with van der Waals surface area (Å²) < 4.78 is 35.0. The Morgan fingerprint density at radius 2 is 1.86 bits per heavy atom. The fourth-order valence-electron chi connectivity index (χ4n) is 0.957. The maximum atomic E-state index is 13.1. The third kappa shape index (κ3) is 1.66. The Bertz CT molecular complexity index is 363. The van der Waals surface area contributed by atoms with E-state index in [1.54, 1.807) is 0 Å². The standard InChI is InChI=1S/C9H8F2O3/c1-13-6-4-3-5(9(12)14-2)7(10)8(6)11/h3-4H,1-2H3. The van der Waals surface area contributed by atoms with E-state index in [0.29, 0.717) is 0 Å². The molecule has 14 heavy (non-hydrogen) atoms. The van der Waals surface area contributed by atoms with E-state index in [0.717, 1.165) is 19.2 Å². The molecule has 0 fully saturated rings. The second-order valence-electron chi connectivity index (χ2n) is 2.43. The molecule has 0 aliphatic rings. The number of esters is 1. The van der Waals surface area contributed by atoms with Crippen molar-refractivity contribution in [2.75, 3.05) is 14.2 Å². The lowest BCUT2D eigenvalue weighted by atomic mass is 10.2. The maximum absolute atomic E-state index is 13.1. The first kappa shape index (κ1) is 10.4. The second-order valence-corrected chi connectivity index (χ2v) is 2.43. The number of halogens is 2. The molecule has 0 heterocycles. The Labute approximate surface area is 79.2 Å². The van der Waals surface area contributed by atoms with E-state index < -0.39 is 23.2 Å². The van der Waals surface area contributed by atoms with E-state index in [1.165, 1.54) is 7.11 Å². The molecule has 76 valence electrons. The number of carbonyl (C=O) groups excluding carboxylic acids is 1. The summed E-state index contributed by atoms with van der Waals surface area (Å²) in [5.74, 6) is -3.65. The van der Waals surface area contributed by atoms with E-state index in [1.807, 2.05) is 0 Å². The van der Waals surface area contributed by atoms with Gasteiger partial charge < -0.3 is 9.47 Å². The van der Waals surface area contributed by atoms with Crippen molar-refractivity contribution in [2.45, 2.75) is 0 Å². The molecule has 0 radical (unpaired) electrons. The van der Waals surface area contributed by atoms with Gasteiger partial charge in [-0.2, -0.15) is 4.39 Å². The Morgan fingerprint density at radius 1 is 1.21 bits per heavy atom. The van der Waals surface area contributed by atoms with Crippen molar-refractivity contribution in [3.8, 4) is 5.75 Å². The minimum absolute atomic E-state index is 0.254. The molecule has 0 aliphatic heterocycles. The summed E-state index contributed by atoms with van der Waals surface area (Å²) in [6.45, 7) is 0. The normalized spacial score (nSPS) is 9.71. The number of hydrogen-bond donors (Lipinski definition) is 0. The van der Waals surface area contributed by atoms with Gasteiger partial charge in [-0.25, -0.2) is 9.18 Å². The van der Waals surface area contributed by atoms with Crippen molar-refractivity contribution in [3.63, 3.8) is 0 Å². The average molecular weight is 202 g/mol. The smallest absolute Gasteiger partial charge is 0.340 e. The zero-order chi connectivity index (χ0) is 10.7. The monoisotopic (exact) mass is 202 g/mol. The van der Waals surface area contributed by atoms with Crippen LogP contribution in [0.2, 0.25) is 0 Å². The van der Waals surface area contributed by atoms with Gasteiger partial charge in [0.25, 0.3) is 0 Å². The Kier molecular flexibility index (Phi) is 3.01. The van der Waals surface area contributed by atoms with Gasteiger partial charge in [0.1, 0.15) is 0 Å². The molecule has 0 aliphatic carbocycles. The molecule has 1 aromatic rings. The Balaban J connectivity index is 3.24. The topological polar surface area (TPSA) is 35.5 Å². The SMILES string of the molecule is COC(=O)c1ccc(OC)c(F)c1F. The molecule has 0 saturated heterocycles. The molecule has 0 bridgehead atoms. The fraction of sp³-hybridized carbons (Fsp3) is 0.222. The van der Waals surface area contributed by atoms with Crippen molar-refractivity contribution in [2.24, 2.45) is 0 Å². The van der Waals surface area contributed by atoms with Gasteiger partial charge in [0, 0.05) is 0 Å². The van der Waals surface area contributed by atoms with E-state index in [2.05, 4.69) is 9.47 Å². The van der Waals surface area contributed by atoms with Crippen LogP contribution in [0.1, 0.15) is 10.4 Å². The quantitative estimate of drug-likeness (QED) is 0.685. The summed E-state index contributed by atoms with van der Waals surface area (Å²) in [5, 5.41) is 0. The molecule has 5 heteroatoms. The van der Waals surface area contributed by atoms with Gasteiger partial charge in [-0.15, -0.1) is 0 Å². The lowest BCUT2D eigenvalue weighted by Crippen LogP contribution is -2.06. The van der Waals surface area contributed by atoms with E-state index in [9.17, 15) is 13.6 Å². The molecule has 0 N–H and O–H groups in total. The van der Waals surface area contributed by atoms with Crippen molar-refractivity contribution in [1.29, 1.82) is 0 Å². The largest absolute Gasteiger partial charge is 0.494 e. The van der Waals surface area contributed by atoms with Gasteiger partial charge in [0.15, 0.2) is 11.6 Å². The molecular formula is C9H8F2O3. The van der Waals surface area contributed by atoms with E-state index in [4.69, 9.17) is 0 Å². The summed E-state index contributed by atoms with van der Waals surface area (Å²) in [7, 11) is 2.29. The fourth-order valence-corrected chi connectivity index (χ4v) is 0.957. The zero-order valence-corrected chi connectivity index (χ0v) is 7.64. The highest BCUT2D eigenvalue weighted by Crippen LogP contribution is 2.22. The Morgan fingerprint density at radius 3 is 2.36 bits per heavy atom. The van der Waals surface area contributed by atoms with Crippen LogP contribution in [-0.2, 0) is 4.74 Å². The molecule has 0 amide bonds. The van der Waals surface area contributed by atoms with Gasteiger partial charge in [-0.3, -0.25) is 0 Å². The van der Waals surface area contributed by atoms with Crippen LogP contribution in [0.15, 0.2) is 12.1 Å². The average Bonchev–Trinajstić information content (AvgIpc) is 2.21. The van der Waals surface area contributed by atoms with Crippen LogP contribution >= 0.6 is 0 Å². The minimum Gasteiger partial charge on any atom is -0.494 e. The van der Waals surface area contributed by atoms with Crippen LogP contribution in [0.3, 0.4) is 0 Å². The third-order valence-electron chi connectivity index (χ3n) is 1.67. The molecule has 0 aromatic heterocycles. The lowest BCUT2D eigenvalue weighted by Gasteiger charge is -2.05. The number of ether oxygens (including phenoxy) is 2. The number of methoxy groups -OCH3 is 2. The molecule has 0 unspecified atom stereocenters. The van der Waals surface area contributed by atoms with Crippen LogP contribution in [0, 0.1) is 11.6 Å². The predicted octanol–water partition coefficient (Wildman–Crippen LogP) is 1.76. The molecule has 1 aromatic carbocycles. The van der Waals surface area contributed by atoms with Crippen molar-refractivity contribution in [3.05, 3.63) is 29.3 Å². The number of hydrogen-bond acceptors (Lipinski definition) is 3.